The molecule has 0 spiro atoms. The van der Waals surface area contributed by atoms with Crippen molar-refractivity contribution in [3.63, 3.8) is 0 Å². The number of carbonyl (C=O) groups excluding carboxylic acids is 4. The second kappa shape index (κ2) is 14.2. The summed E-state index contributed by atoms with van der Waals surface area (Å²) in [6.45, 7) is 8.96. The molecule has 0 saturated carbocycles. The van der Waals surface area contributed by atoms with E-state index in [9.17, 15) is 19.2 Å². The minimum atomic E-state index is -0.781. The van der Waals surface area contributed by atoms with Crippen molar-refractivity contribution < 1.29 is 28.7 Å². The molecular formula is C26H38N2O6. The maximum Gasteiger partial charge on any atom is 0.328 e. The van der Waals surface area contributed by atoms with Crippen molar-refractivity contribution in [2.45, 2.75) is 53.1 Å². The molecule has 8 nitrogen and oxygen atoms in total. The van der Waals surface area contributed by atoms with Crippen LogP contribution in [0.25, 0.3) is 0 Å². The molecule has 0 aromatic heterocycles. The Bertz CT molecular complexity index is 850. The summed E-state index contributed by atoms with van der Waals surface area (Å²) < 4.78 is 9.60. The zero-order valence-electron chi connectivity index (χ0n) is 21.2. The van der Waals surface area contributed by atoms with Gasteiger partial charge >= 0.3 is 11.9 Å². The van der Waals surface area contributed by atoms with Gasteiger partial charge in [0, 0.05) is 0 Å². The number of hydrogen-bond acceptors (Lipinski definition) is 6. The maximum atomic E-state index is 13.1. The van der Waals surface area contributed by atoms with Crippen molar-refractivity contribution in [3.05, 3.63) is 48.0 Å². The molecule has 0 aliphatic heterocycles. The zero-order valence-corrected chi connectivity index (χ0v) is 21.2. The van der Waals surface area contributed by atoms with Crippen LogP contribution in [0.5, 0.6) is 0 Å². The summed E-state index contributed by atoms with van der Waals surface area (Å²) in [7, 11) is 2.56. The quantitative estimate of drug-likeness (QED) is 0.356. The van der Waals surface area contributed by atoms with Crippen LogP contribution in [-0.4, -0.2) is 50.1 Å². The van der Waals surface area contributed by atoms with Crippen LogP contribution in [0.15, 0.2) is 42.5 Å². The summed E-state index contributed by atoms with van der Waals surface area (Å²) in [5, 5.41) is 5.50. The smallest absolute Gasteiger partial charge is 0.328 e. The van der Waals surface area contributed by atoms with Crippen LogP contribution in [-0.2, 0) is 35.1 Å². The van der Waals surface area contributed by atoms with E-state index in [0.29, 0.717) is 6.42 Å². The van der Waals surface area contributed by atoms with Gasteiger partial charge in [-0.3, -0.25) is 9.59 Å². The van der Waals surface area contributed by atoms with Crippen molar-refractivity contribution in [2.24, 2.45) is 23.7 Å². The lowest BCUT2D eigenvalue weighted by Crippen LogP contribution is -2.47. The molecule has 4 atom stereocenters. The van der Waals surface area contributed by atoms with Gasteiger partial charge in [-0.05, 0) is 23.8 Å². The summed E-state index contributed by atoms with van der Waals surface area (Å²) in [6.07, 6.45) is 3.70. The van der Waals surface area contributed by atoms with Gasteiger partial charge in [0.05, 0.1) is 26.1 Å². The number of rotatable bonds is 12. The SMILES string of the molecule is COC(=O)[C@@H](NC(=O)[C@@H](C)/C=C/[C@@H](Cc1ccccc1)C(=O)N[C@H](C(=O)OC)C(C)C)C(C)C. The molecule has 0 unspecified atom stereocenters. The van der Waals surface area contributed by atoms with Gasteiger partial charge in [-0.15, -0.1) is 0 Å². The molecule has 1 aromatic rings. The molecule has 188 valence electrons. The van der Waals surface area contributed by atoms with Crippen molar-refractivity contribution in [2.75, 3.05) is 14.2 Å². The third-order valence-corrected chi connectivity index (χ3v) is 5.52. The number of hydrogen-bond donors (Lipinski definition) is 2. The average Bonchev–Trinajstić information content (AvgIpc) is 2.82. The first-order valence-corrected chi connectivity index (χ1v) is 11.5. The summed E-state index contributed by atoms with van der Waals surface area (Å²) in [5.74, 6) is -3.24. The largest absolute Gasteiger partial charge is 0.467 e. The molecule has 0 bridgehead atoms. The Morgan fingerprint density at radius 2 is 1.24 bits per heavy atom. The summed E-state index contributed by atoms with van der Waals surface area (Å²) in [5.41, 5.74) is 0.939. The monoisotopic (exact) mass is 474 g/mol. The molecule has 1 rings (SSSR count). The predicted octanol–water partition coefficient (Wildman–Crippen LogP) is 2.67. The third-order valence-electron chi connectivity index (χ3n) is 5.52. The van der Waals surface area contributed by atoms with Gasteiger partial charge in [0.25, 0.3) is 0 Å². The standard InChI is InChI=1S/C26H38N2O6/c1-16(2)21(25(31)33-6)27-23(29)18(5)13-14-20(15-19-11-9-8-10-12-19)24(30)28-22(17(3)4)26(32)34-7/h8-14,16-18,20-22H,15H2,1-7H3,(H,27,29)(H,28,30)/b14-13+/t18-,20-,21-,22-/m0/s1. The van der Waals surface area contributed by atoms with Gasteiger partial charge in [-0.1, -0.05) is 77.1 Å². The molecule has 8 heteroatoms. The average molecular weight is 475 g/mol. The number of benzene rings is 1. The van der Waals surface area contributed by atoms with E-state index in [4.69, 9.17) is 9.47 Å². The Hall–Kier alpha value is -3.16. The lowest BCUT2D eigenvalue weighted by molar-refractivity contribution is -0.147. The van der Waals surface area contributed by atoms with Crippen molar-refractivity contribution in [3.8, 4) is 0 Å². The Kier molecular flexibility index (Phi) is 12.0. The molecule has 0 aliphatic rings. The second-order valence-electron chi connectivity index (χ2n) is 8.98. The van der Waals surface area contributed by atoms with E-state index in [1.807, 2.05) is 58.0 Å². The Balaban J connectivity index is 3.06. The Morgan fingerprint density at radius 1 is 0.765 bits per heavy atom. The first-order valence-electron chi connectivity index (χ1n) is 11.5. The highest BCUT2D eigenvalue weighted by molar-refractivity contribution is 5.88. The second-order valence-corrected chi connectivity index (χ2v) is 8.98. The van der Waals surface area contributed by atoms with E-state index < -0.39 is 35.9 Å². The van der Waals surface area contributed by atoms with E-state index in [-0.39, 0.29) is 23.7 Å². The summed E-state index contributed by atoms with van der Waals surface area (Å²) in [4.78, 5) is 49.9. The van der Waals surface area contributed by atoms with Gasteiger partial charge in [-0.25, -0.2) is 9.59 Å². The van der Waals surface area contributed by atoms with E-state index in [1.165, 1.54) is 14.2 Å². The van der Waals surface area contributed by atoms with Gasteiger partial charge in [0.15, 0.2) is 0 Å². The number of esters is 2. The van der Waals surface area contributed by atoms with Crippen molar-refractivity contribution >= 4 is 23.8 Å². The molecule has 1 aromatic carbocycles. The van der Waals surface area contributed by atoms with Crippen LogP contribution in [0.2, 0.25) is 0 Å². The minimum Gasteiger partial charge on any atom is -0.467 e. The normalized spacial score (nSPS) is 14.9. The fraction of sp³-hybridized carbons (Fsp3) is 0.538. The number of carbonyl (C=O) groups is 4. The van der Waals surface area contributed by atoms with Crippen molar-refractivity contribution in [1.29, 1.82) is 0 Å². The Labute approximate surface area is 202 Å². The topological polar surface area (TPSA) is 111 Å². The summed E-state index contributed by atoms with van der Waals surface area (Å²) >= 11 is 0. The molecule has 2 amide bonds. The zero-order chi connectivity index (χ0) is 25.8. The number of methoxy groups -OCH3 is 2. The number of amides is 2. The van der Waals surface area contributed by atoms with Crippen LogP contribution >= 0.6 is 0 Å². The van der Waals surface area contributed by atoms with Crippen LogP contribution in [0.4, 0.5) is 0 Å². The maximum absolute atomic E-state index is 13.1. The molecule has 2 N–H and O–H groups in total. The molecule has 0 saturated heterocycles. The lowest BCUT2D eigenvalue weighted by Gasteiger charge is -2.23. The first-order chi connectivity index (χ1) is 16.0. The highest BCUT2D eigenvalue weighted by atomic mass is 16.5. The highest BCUT2D eigenvalue weighted by Crippen LogP contribution is 2.15. The summed E-state index contributed by atoms with van der Waals surface area (Å²) in [6, 6.07) is 7.94. The highest BCUT2D eigenvalue weighted by Gasteiger charge is 2.29. The van der Waals surface area contributed by atoms with Crippen LogP contribution in [0, 0.1) is 23.7 Å². The van der Waals surface area contributed by atoms with Crippen LogP contribution in [0.1, 0.15) is 40.2 Å². The van der Waals surface area contributed by atoms with Gasteiger partial charge in [-0.2, -0.15) is 0 Å². The van der Waals surface area contributed by atoms with E-state index in [2.05, 4.69) is 10.6 Å². The van der Waals surface area contributed by atoms with E-state index >= 15 is 0 Å². The fourth-order valence-corrected chi connectivity index (χ4v) is 3.30. The Morgan fingerprint density at radius 3 is 1.68 bits per heavy atom. The molecule has 0 heterocycles. The lowest BCUT2D eigenvalue weighted by atomic mass is 9.94. The first kappa shape index (κ1) is 28.9. The number of ether oxygens (including phenoxy) is 2. The predicted molar refractivity (Wildman–Crippen MR) is 130 cm³/mol. The van der Waals surface area contributed by atoms with Crippen LogP contribution < -0.4 is 10.6 Å². The molecular weight excluding hydrogens is 436 g/mol. The van der Waals surface area contributed by atoms with Gasteiger partial charge < -0.3 is 20.1 Å². The molecule has 0 fully saturated rings. The molecule has 0 radical (unpaired) electrons. The number of nitrogens with one attached hydrogen (secondary N) is 2. The van der Waals surface area contributed by atoms with Crippen LogP contribution in [0.3, 0.4) is 0 Å². The fourth-order valence-electron chi connectivity index (χ4n) is 3.30. The third kappa shape index (κ3) is 9.00. The van der Waals surface area contributed by atoms with Gasteiger partial charge in [0.1, 0.15) is 12.1 Å². The van der Waals surface area contributed by atoms with E-state index in [1.54, 1.807) is 19.1 Å². The van der Waals surface area contributed by atoms with Crippen molar-refractivity contribution in [1.82, 2.24) is 10.6 Å². The van der Waals surface area contributed by atoms with E-state index in [0.717, 1.165) is 5.56 Å². The molecule has 34 heavy (non-hydrogen) atoms. The van der Waals surface area contributed by atoms with Gasteiger partial charge in [0.2, 0.25) is 11.8 Å². The minimum absolute atomic E-state index is 0.143. The molecule has 0 aliphatic carbocycles.